The van der Waals surface area contributed by atoms with Crippen LogP contribution in [0.15, 0.2) is 42.7 Å². The van der Waals surface area contributed by atoms with Gasteiger partial charge in [0.15, 0.2) is 0 Å². The smallest absolute Gasteiger partial charge is 0.254 e. The number of benzene rings is 1. The molecule has 0 saturated carbocycles. The average Bonchev–Trinajstić information content (AvgIpc) is 3.25. The number of rotatable bonds is 5. The zero-order valence-corrected chi connectivity index (χ0v) is 13.6. The van der Waals surface area contributed by atoms with Crippen LogP contribution in [0.1, 0.15) is 12.1 Å². The summed E-state index contributed by atoms with van der Waals surface area (Å²) in [6, 6.07) is 12.9. The first kappa shape index (κ1) is 14.9. The SMILES string of the molecule is COCc1cc(NC2CCN(c3ccccc3)C2)n2ncnc2n1. The summed E-state index contributed by atoms with van der Waals surface area (Å²) in [5.74, 6) is 1.49. The minimum atomic E-state index is 0.357. The molecule has 0 radical (unpaired) electrons. The summed E-state index contributed by atoms with van der Waals surface area (Å²) in [6.07, 6.45) is 2.60. The van der Waals surface area contributed by atoms with Crippen LogP contribution in [0.4, 0.5) is 11.5 Å². The molecule has 1 aromatic carbocycles. The van der Waals surface area contributed by atoms with Gasteiger partial charge < -0.3 is 15.0 Å². The Morgan fingerprint density at radius 1 is 1.29 bits per heavy atom. The molecule has 0 spiro atoms. The second-order valence-electron chi connectivity index (χ2n) is 5.95. The van der Waals surface area contributed by atoms with Crippen molar-refractivity contribution in [3.8, 4) is 0 Å². The maximum Gasteiger partial charge on any atom is 0.254 e. The van der Waals surface area contributed by atoms with E-state index in [-0.39, 0.29) is 0 Å². The molecule has 7 nitrogen and oxygen atoms in total. The Morgan fingerprint density at radius 2 is 2.17 bits per heavy atom. The molecule has 1 aliphatic heterocycles. The summed E-state index contributed by atoms with van der Waals surface area (Å²) in [5.41, 5.74) is 2.11. The largest absolute Gasteiger partial charge is 0.378 e. The lowest BCUT2D eigenvalue weighted by molar-refractivity contribution is 0.181. The topological polar surface area (TPSA) is 67.6 Å². The number of ether oxygens (including phenoxy) is 1. The van der Waals surface area contributed by atoms with Gasteiger partial charge in [-0.05, 0) is 18.6 Å². The summed E-state index contributed by atoms with van der Waals surface area (Å²) in [5, 5.41) is 7.86. The van der Waals surface area contributed by atoms with E-state index < -0.39 is 0 Å². The minimum absolute atomic E-state index is 0.357. The molecule has 124 valence electrons. The van der Waals surface area contributed by atoms with Crippen LogP contribution in [0.5, 0.6) is 0 Å². The second kappa shape index (κ2) is 6.45. The lowest BCUT2D eigenvalue weighted by Gasteiger charge is -2.19. The molecule has 0 amide bonds. The number of hydrogen-bond donors (Lipinski definition) is 1. The number of hydrogen-bond acceptors (Lipinski definition) is 6. The molecule has 3 aromatic rings. The van der Waals surface area contributed by atoms with Crippen molar-refractivity contribution in [3.63, 3.8) is 0 Å². The Bertz CT molecular complexity index is 818. The molecule has 1 unspecified atom stereocenters. The van der Waals surface area contributed by atoms with Gasteiger partial charge in [-0.2, -0.15) is 14.6 Å². The van der Waals surface area contributed by atoms with E-state index in [4.69, 9.17) is 4.74 Å². The molecule has 1 N–H and O–H groups in total. The summed E-state index contributed by atoms with van der Waals surface area (Å²) < 4.78 is 6.94. The normalized spacial score (nSPS) is 17.5. The van der Waals surface area contributed by atoms with Gasteiger partial charge in [0.05, 0.1) is 12.3 Å². The summed E-state index contributed by atoms with van der Waals surface area (Å²) in [6.45, 7) is 2.46. The Morgan fingerprint density at radius 3 is 3.00 bits per heavy atom. The van der Waals surface area contributed by atoms with Crippen molar-refractivity contribution in [2.24, 2.45) is 0 Å². The van der Waals surface area contributed by atoms with Crippen LogP contribution in [-0.2, 0) is 11.3 Å². The number of anilines is 2. The first-order valence-electron chi connectivity index (χ1n) is 8.08. The van der Waals surface area contributed by atoms with Crippen molar-refractivity contribution in [1.29, 1.82) is 0 Å². The van der Waals surface area contributed by atoms with Gasteiger partial charge in [0.25, 0.3) is 5.78 Å². The Hall–Kier alpha value is -2.67. The fraction of sp³-hybridized carbons (Fsp3) is 0.353. The first-order valence-corrected chi connectivity index (χ1v) is 8.08. The van der Waals surface area contributed by atoms with Gasteiger partial charge >= 0.3 is 0 Å². The lowest BCUT2D eigenvalue weighted by atomic mass is 10.2. The van der Waals surface area contributed by atoms with Gasteiger partial charge in [0.2, 0.25) is 0 Å². The maximum atomic E-state index is 5.20. The summed E-state index contributed by atoms with van der Waals surface area (Å²) >= 11 is 0. The number of methoxy groups -OCH3 is 1. The third kappa shape index (κ3) is 2.90. The Kier molecular flexibility index (Phi) is 4.00. The van der Waals surface area contributed by atoms with Crippen molar-refractivity contribution >= 4 is 17.3 Å². The standard InChI is InChI=1S/C17H20N6O/c1-24-11-14-9-16(23-17(21-14)18-12-19-23)20-13-7-8-22(10-13)15-5-3-2-4-6-15/h2-6,9,12-13,20H,7-8,10-11H2,1H3. The van der Waals surface area contributed by atoms with Gasteiger partial charge in [-0.15, -0.1) is 0 Å². The van der Waals surface area contributed by atoms with E-state index in [1.165, 1.54) is 12.0 Å². The molecule has 1 aliphatic rings. The molecule has 0 aliphatic carbocycles. The van der Waals surface area contributed by atoms with Gasteiger partial charge in [-0.25, -0.2) is 4.98 Å². The average molecular weight is 324 g/mol. The van der Waals surface area contributed by atoms with Gasteiger partial charge in [0.1, 0.15) is 12.1 Å². The molecule has 3 heterocycles. The molecule has 1 fully saturated rings. The zero-order chi connectivity index (χ0) is 16.4. The summed E-state index contributed by atoms with van der Waals surface area (Å²) in [4.78, 5) is 11.0. The fourth-order valence-electron chi connectivity index (χ4n) is 3.15. The van der Waals surface area contributed by atoms with Crippen molar-refractivity contribution in [2.45, 2.75) is 19.1 Å². The second-order valence-corrected chi connectivity index (χ2v) is 5.95. The van der Waals surface area contributed by atoms with Gasteiger partial charge in [-0.3, -0.25) is 0 Å². The molecule has 0 bridgehead atoms. The van der Waals surface area contributed by atoms with E-state index in [0.29, 0.717) is 18.4 Å². The third-order valence-corrected chi connectivity index (χ3v) is 4.26. The van der Waals surface area contributed by atoms with Crippen LogP contribution in [0.3, 0.4) is 0 Å². The van der Waals surface area contributed by atoms with Crippen LogP contribution in [0, 0.1) is 0 Å². The van der Waals surface area contributed by atoms with Crippen molar-refractivity contribution in [1.82, 2.24) is 19.6 Å². The highest BCUT2D eigenvalue weighted by Crippen LogP contribution is 2.22. The number of nitrogens with zero attached hydrogens (tertiary/aromatic N) is 5. The predicted octanol–water partition coefficient (Wildman–Crippen LogP) is 1.96. The number of fused-ring (bicyclic) bond motifs is 1. The maximum absolute atomic E-state index is 5.20. The van der Waals surface area contributed by atoms with Gasteiger partial charge in [0, 0.05) is 38.0 Å². The number of nitrogens with one attached hydrogen (secondary N) is 1. The molecular formula is C17H20N6O. The monoisotopic (exact) mass is 324 g/mol. The molecule has 24 heavy (non-hydrogen) atoms. The molecule has 1 atom stereocenters. The van der Waals surface area contributed by atoms with Crippen molar-refractivity contribution < 1.29 is 4.74 Å². The van der Waals surface area contributed by atoms with Crippen molar-refractivity contribution in [2.75, 3.05) is 30.4 Å². The zero-order valence-electron chi connectivity index (χ0n) is 13.6. The Labute approximate surface area is 140 Å². The predicted molar refractivity (Wildman–Crippen MR) is 92.2 cm³/mol. The minimum Gasteiger partial charge on any atom is -0.378 e. The van der Waals surface area contributed by atoms with Crippen molar-refractivity contribution in [3.05, 3.63) is 48.4 Å². The molecule has 7 heteroatoms. The van der Waals surface area contributed by atoms with E-state index in [9.17, 15) is 0 Å². The summed E-state index contributed by atoms with van der Waals surface area (Å²) in [7, 11) is 1.66. The highest BCUT2D eigenvalue weighted by Gasteiger charge is 2.23. The quantitative estimate of drug-likeness (QED) is 0.774. The highest BCUT2D eigenvalue weighted by atomic mass is 16.5. The molecular weight excluding hydrogens is 304 g/mol. The van der Waals surface area contributed by atoms with Crippen LogP contribution >= 0.6 is 0 Å². The van der Waals surface area contributed by atoms with E-state index in [2.05, 4.69) is 49.5 Å². The van der Waals surface area contributed by atoms with Crippen LogP contribution in [0.25, 0.3) is 5.78 Å². The fourth-order valence-corrected chi connectivity index (χ4v) is 3.15. The Balaban J connectivity index is 1.53. The van der Waals surface area contributed by atoms with E-state index in [1.807, 2.05) is 12.1 Å². The van der Waals surface area contributed by atoms with Gasteiger partial charge in [-0.1, -0.05) is 18.2 Å². The highest BCUT2D eigenvalue weighted by molar-refractivity contribution is 5.50. The van der Waals surface area contributed by atoms with Crippen LogP contribution in [-0.4, -0.2) is 45.8 Å². The number of aromatic nitrogens is 4. The van der Waals surface area contributed by atoms with E-state index >= 15 is 0 Å². The van der Waals surface area contributed by atoms with Crippen LogP contribution in [0.2, 0.25) is 0 Å². The molecule has 2 aromatic heterocycles. The molecule has 1 saturated heterocycles. The third-order valence-electron chi connectivity index (χ3n) is 4.26. The van der Waals surface area contributed by atoms with E-state index in [1.54, 1.807) is 11.6 Å². The first-order chi connectivity index (χ1) is 11.8. The van der Waals surface area contributed by atoms with E-state index in [0.717, 1.165) is 31.0 Å². The molecule has 4 rings (SSSR count). The number of para-hydroxylation sites is 1. The van der Waals surface area contributed by atoms with Crippen LogP contribution < -0.4 is 10.2 Å². The lowest BCUT2D eigenvalue weighted by Crippen LogP contribution is -2.27.